The molecule has 4 heterocycles. The fraction of sp³-hybridized carbons (Fsp3) is 0.0909. The molecule has 2 aliphatic heterocycles. The van der Waals surface area contributed by atoms with Crippen molar-refractivity contribution in [2.24, 2.45) is 0 Å². The second-order valence-corrected chi connectivity index (χ2v) is 8.37. The van der Waals surface area contributed by atoms with Gasteiger partial charge < -0.3 is 10.1 Å². The van der Waals surface area contributed by atoms with Crippen molar-refractivity contribution in [3.05, 3.63) is 99.0 Å². The van der Waals surface area contributed by atoms with E-state index in [1.54, 1.807) is 17.7 Å². The number of rotatable bonds is 2. The number of nitrogens with zero attached hydrogens (tertiary/aromatic N) is 3. The van der Waals surface area contributed by atoms with E-state index in [-0.39, 0.29) is 12.1 Å². The van der Waals surface area contributed by atoms with E-state index < -0.39 is 0 Å². The number of fused-ring (bicyclic) bond motifs is 3. The first kappa shape index (κ1) is 16.8. The Bertz CT molecular complexity index is 1230. The first-order valence-corrected chi connectivity index (χ1v) is 10.5. The molecule has 0 amide bonds. The molecular weight excluding hydrogens is 404 g/mol. The zero-order valence-electron chi connectivity index (χ0n) is 15.1. The minimum Gasteiger partial charge on any atom is -0.480 e. The Labute approximate surface area is 176 Å². The smallest absolute Gasteiger partial charge is 0.226 e. The van der Waals surface area contributed by atoms with Crippen LogP contribution in [0.15, 0.2) is 77.9 Å². The molecule has 0 unspecified atom stereocenters. The fourth-order valence-corrected chi connectivity index (χ4v) is 5.02. The lowest BCUT2D eigenvalue weighted by Crippen LogP contribution is -2.32. The Morgan fingerprint density at radius 1 is 1.07 bits per heavy atom. The van der Waals surface area contributed by atoms with Gasteiger partial charge in [-0.15, -0.1) is 11.3 Å². The van der Waals surface area contributed by atoms with Gasteiger partial charge in [-0.25, -0.2) is 4.68 Å². The van der Waals surface area contributed by atoms with E-state index in [4.69, 9.17) is 16.3 Å². The van der Waals surface area contributed by atoms with Crippen LogP contribution < -0.4 is 10.1 Å². The number of hydrogen-bond acceptors (Lipinski definition) is 5. The lowest BCUT2D eigenvalue weighted by atomic mass is 9.87. The topological polar surface area (TPSA) is 52.0 Å². The molecule has 7 heteroatoms. The third kappa shape index (κ3) is 2.60. The van der Waals surface area contributed by atoms with Crippen molar-refractivity contribution < 1.29 is 4.74 Å². The van der Waals surface area contributed by atoms with Crippen LogP contribution in [0.25, 0.3) is 5.70 Å². The molecule has 29 heavy (non-hydrogen) atoms. The highest BCUT2D eigenvalue weighted by Gasteiger charge is 2.41. The van der Waals surface area contributed by atoms with Crippen molar-refractivity contribution >= 4 is 34.6 Å². The fourth-order valence-electron chi connectivity index (χ4n) is 4.08. The number of halogens is 1. The summed E-state index contributed by atoms with van der Waals surface area (Å²) in [6.07, 6.45) is 1.35. The number of thiophene rings is 1. The molecule has 4 aromatic rings. The molecule has 0 saturated heterocycles. The summed E-state index contributed by atoms with van der Waals surface area (Å²) >= 11 is 8.02. The molecule has 1 N–H and O–H groups in total. The van der Waals surface area contributed by atoms with Gasteiger partial charge in [0.25, 0.3) is 0 Å². The van der Waals surface area contributed by atoms with Crippen LogP contribution in [0.2, 0.25) is 5.02 Å². The van der Waals surface area contributed by atoms with Crippen LogP contribution in [-0.2, 0) is 0 Å². The Morgan fingerprint density at radius 2 is 1.97 bits per heavy atom. The van der Waals surface area contributed by atoms with Gasteiger partial charge in [0.2, 0.25) is 5.95 Å². The van der Waals surface area contributed by atoms with Crippen molar-refractivity contribution in [1.82, 2.24) is 14.8 Å². The van der Waals surface area contributed by atoms with E-state index in [0.29, 0.717) is 11.0 Å². The van der Waals surface area contributed by atoms with E-state index in [1.165, 1.54) is 0 Å². The maximum Gasteiger partial charge on any atom is 0.226 e. The number of anilines is 1. The average Bonchev–Trinajstić information content (AvgIpc) is 3.44. The van der Waals surface area contributed by atoms with E-state index >= 15 is 0 Å². The Morgan fingerprint density at radius 3 is 2.79 bits per heavy atom. The predicted octanol–water partition coefficient (Wildman–Crippen LogP) is 5.55. The van der Waals surface area contributed by atoms with E-state index in [9.17, 15) is 0 Å². The van der Waals surface area contributed by atoms with E-state index in [2.05, 4.69) is 45.0 Å². The highest BCUT2D eigenvalue weighted by molar-refractivity contribution is 7.10. The summed E-state index contributed by atoms with van der Waals surface area (Å²) in [5.41, 5.74) is 4.16. The zero-order chi connectivity index (χ0) is 19.4. The van der Waals surface area contributed by atoms with Crippen molar-refractivity contribution in [2.45, 2.75) is 12.1 Å². The molecular formula is C22H15ClN4OS. The second-order valence-electron chi connectivity index (χ2n) is 6.95. The highest BCUT2D eigenvalue weighted by atomic mass is 35.5. The zero-order valence-corrected chi connectivity index (χ0v) is 16.7. The van der Waals surface area contributed by atoms with Gasteiger partial charge in [0.1, 0.15) is 18.1 Å². The molecule has 0 aliphatic carbocycles. The van der Waals surface area contributed by atoms with E-state index in [1.807, 2.05) is 41.1 Å². The first-order chi connectivity index (χ1) is 14.3. The quantitative estimate of drug-likeness (QED) is 0.463. The van der Waals surface area contributed by atoms with Gasteiger partial charge in [0, 0.05) is 21.0 Å². The Kier molecular flexibility index (Phi) is 3.76. The van der Waals surface area contributed by atoms with Crippen LogP contribution in [-0.4, -0.2) is 14.8 Å². The number of nitrogens with one attached hydrogen (secondary N) is 1. The number of benzene rings is 2. The summed E-state index contributed by atoms with van der Waals surface area (Å²) in [5.74, 6) is 1.51. The third-order valence-corrected chi connectivity index (χ3v) is 6.44. The van der Waals surface area contributed by atoms with Crippen molar-refractivity contribution in [2.75, 3.05) is 5.32 Å². The molecule has 0 fully saturated rings. The van der Waals surface area contributed by atoms with Crippen LogP contribution in [0.1, 0.15) is 28.1 Å². The molecule has 0 bridgehead atoms. The molecule has 0 saturated carbocycles. The molecule has 0 spiro atoms. The van der Waals surface area contributed by atoms with Gasteiger partial charge in [0.05, 0.1) is 5.70 Å². The minimum absolute atomic E-state index is 0.135. The molecule has 2 aromatic carbocycles. The Balaban J connectivity index is 1.66. The third-order valence-electron chi connectivity index (χ3n) is 5.29. The summed E-state index contributed by atoms with van der Waals surface area (Å²) in [6, 6.07) is 20.1. The van der Waals surface area contributed by atoms with Crippen LogP contribution in [0.4, 0.5) is 5.95 Å². The molecule has 142 valence electrons. The number of hydrogen-bond donors (Lipinski definition) is 1. The molecule has 6 rings (SSSR count). The first-order valence-electron chi connectivity index (χ1n) is 9.25. The lowest BCUT2D eigenvalue weighted by molar-refractivity contribution is 0.226. The molecule has 2 aliphatic rings. The van der Waals surface area contributed by atoms with Crippen molar-refractivity contribution in [3.63, 3.8) is 0 Å². The standard InChI is InChI=1S/C22H15ClN4OS/c23-14-8-9-16-15(11-14)19-18(21(28-16)17-7-4-10-29-17)20(13-5-2-1-3-6-13)27-22(26-19)24-12-25-27/h1-12,20-21H,(H,24,25,26)/t20-,21+/m1/s1. The normalized spacial score (nSPS) is 19.6. The molecule has 5 nitrogen and oxygen atoms in total. The van der Waals surface area contributed by atoms with Gasteiger partial charge >= 0.3 is 0 Å². The summed E-state index contributed by atoms with van der Waals surface area (Å²) in [6.45, 7) is 0. The maximum absolute atomic E-state index is 6.54. The second kappa shape index (κ2) is 6.47. The number of ether oxygens (including phenoxy) is 1. The summed E-state index contributed by atoms with van der Waals surface area (Å²) in [5, 5.41) is 10.8. The minimum atomic E-state index is -0.228. The SMILES string of the molecule is Clc1ccc2c(c1)C1=C([C@H](c3cccs3)O2)[C@@H](c2ccccc2)n2ncnc2N1. The maximum atomic E-state index is 6.54. The summed E-state index contributed by atoms with van der Waals surface area (Å²) in [7, 11) is 0. The van der Waals surface area contributed by atoms with Gasteiger partial charge in [-0.05, 0) is 35.2 Å². The highest BCUT2D eigenvalue weighted by Crippen LogP contribution is 2.51. The molecule has 2 atom stereocenters. The lowest BCUT2D eigenvalue weighted by Gasteiger charge is -2.38. The largest absolute Gasteiger partial charge is 0.480 e. The van der Waals surface area contributed by atoms with Crippen molar-refractivity contribution in [1.29, 1.82) is 0 Å². The predicted molar refractivity (Wildman–Crippen MR) is 114 cm³/mol. The van der Waals surface area contributed by atoms with Crippen LogP contribution in [0, 0.1) is 0 Å². The molecule has 0 radical (unpaired) electrons. The Hall–Kier alpha value is -3.09. The van der Waals surface area contributed by atoms with Gasteiger partial charge in [-0.2, -0.15) is 10.1 Å². The van der Waals surface area contributed by atoms with Gasteiger partial charge in [-0.1, -0.05) is 48.0 Å². The van der Waals surface area contributed by atoms with Crippen LogP contribution >= 0.6 is 22.9 Å². The number of aromatic nitrogens is 3. The monoisotopic (exact) mass is 418 g/mol. The van der Waals surface area contributed by atoms with E-state index in [0.717, 1.165) is 33.0 Å². The van der Waals surface area contributed by atoms with Crippen LogP contribution in [0.5, 0.6) is 5.75 Å². The summed E-state index contributed by atoms with van der Waals surface area (Å²) < 4.78 is 8.46. The summed E-state index contributed by atoms with van der Waals surface area (Å²) in [4.78, 5) is 5.59. The van der Waals surface area contributed by atoms with Crippen LogP contribution in [0.3, 0.4) is 0 Å². The molecule has 2 aromatic heterocycles. The van der Waals surface area contributed by atoms with Gasteiger partial charge in [-0.3, -0.25) is 0 Å². The van der Waals surface area contributed by atoms with Crippen molar-refractivity contribution in [3.8, 4) is 5.75 Å². The van der Waals surface area contributed by atoms with Gasteiger partial charge in [0.15, 0.2) is 6.10 Å². The average molecular weight is 419 g/mol.